The van der Waals surface area contributed by atoms with Crippen LogP contribution in [0.1, 0.15) is 35.2 Å². The molecule has 2 unspecified atom stereocenters. The van der Waals surface area contributed by atoms with E-state index >= 15 is 0 Å². The number of hydrogen-bond donors (Lipinski definition) is 2. The first-order valence-electron chi connectivity index (χ1n) is 11.4. The lowest BCUT2D eigenvalue weighted by atomic mass is 10.0. The number of hydrogen-bond acceptors (Lipinski definition) is 5. The van der Waals surface area contributed by atoms with Gasteiger partial charge < -0.3 is 15.2 Å². The van der Waals surface area contributed by atoms with Gasteiger partial charge in [0.15, 0.2) is 0 Å². The zero-order valence-corrected chi connectivity index (χ0v) is 20.6. The third-order valence-electron chi connectivity index (χ3n) is 6.30. The quantitative estimate of drug-likeness (QED) is 0.509. The second-order valence-corrected chi connectivity index (χ2v) is 10.2. The molecule has 8 heteroatoms. The van der Waals surface area contributed by atoms with Crippen molar-refractivity contribution in [2.45, 2.75) is 37.8 Å². The molecule has 1 saturated heterocycles. The van der Waals surface area contributed by atoms with Crippen molar-refractivity contribution in [1.29, 1.82) is 0 Å². The van der Waals surface area contributed by atoms with E-state index in [0.29, 0.717) is 27.9 Å². The third kappa shape index (κ3) is 6.09. The number of benzene rings is 2. The minimum absolute atomic E-state index is 0.106. The third-order valence-corrected chi connectivity index (χ3v) is 7.67. The number of H-pyrrole nitrogens is 1. The van der Waals surface area contributed by atoms with Gasteiger partial charge >= 0.3 is 0 Å². The number of aromatic amines is 1. The molecular weight excluding hydrogens is 470 g/mol. The molecule has 2 N–H and O–H groups in total. The van der Waals surface area contributed by atoms with Crippen LogP contribution < -0.4 is 10.9 Å². The molecule has 0 saturated carbocycles. The summed E-state index contributed by atoms with van der Waals surface area (Å²) in [6.07, 6.45) is 3.65. The molecule has 0 aliphatic carbocycles. The number of nitrogens with one attached hydrogen (secondary N) is 2. The monoisotopic (exact) mass is 497 g/mol. The zero-order valence-electron chi connectivity index (χ0n) is 19.1. The van der Waals surface area contributed by atoms with Crippen LogP contribution >= 0.6 is 23.4 Å². The first-order valence-corrected chi connectivity index (χ1v) is 12.8. The number of nitrogens with zero attached hydrogens (tertiary/aromatic N) is 1. The Bertz CT molecular complexity index is 1230. The summed E-state index contributed by atoms with van der Waals surface area (Å²) in [7, 11) is 2.09. The van der Waals surface area contributed by atoms with Gasteiger partial charge in [0, 0.05) is 45.8 Å². The second kappa shape index (κ2) is 11.2. The van der Waals surface area contributed by atoms with Gasteiger partial charge in [0.05, 0.1) is 0 Å². The van der Waals surface area contributed by atoms with Crippen molar-refractivity contribution in [3.05, 3.63) is 81.1 Å². The molecule has 0 bridgehead atoms. The predicted molar refractivity (Wildman–Crippen MR) is 139 cm³/mol. The fraction of sp³-hybridized carbons (Fsp3) is 0.346. The van der Waals surface area contributed by atoms with Gasteiger partial charge in [-0.1, -0.05) is 48.0 Å². The molecule has 2 atom stereocenters. The first kappa shape index (κ1) is 24.5. The molecule has 1 aliphatic heterocycles. The van der Waals surface area contributed by atoms with Crippen LogP contribution in [0.4, 0.5) is 0 Å². The van der Waals surface area contributed by atoms with Crippen LogP contribution in [-0.2, 0) is 11.2 Å². The Morgan fingerprint density at radius 1 is 1.18 bits per heavy atom. The lowest BCUT2D eigenvalue weighted by molar-refractivity contribution is -0.112. The van der Waals surface area contributed by atoms with Crippen molar-refractivity contribution in [1.82, 2.24) is 15.2 Å². The number of carbonyl (C=O) groups excluding carboxylic acids is 2. The van der Waals surface area contributed by atoms with E-state index in [9.17, 15) is 14.4 Å². The van der Waals surface area contributed by atoms with Crippen molar-refractivity contribution in [3.63, 3.8) is 0 Å². The first-order chi connectivity index (χ1) is 16.4. The van der Waals surface area contributed by atoms with Crippen LogP contribution in [0.25, 0.3) is 10.9 Å². The number of piperidine rings is 1. The molecule has 0 radical (unpaired) electrons. The SMILES string of the molecule is CN1CCCCC1CSC(=O)C(Cc1cc(=O)[nH]c2ccccc12)NC(=O)c1ccc(Cl)cc1. The summed E-state index contributed by atoms with van der Waals surface area (Å²) < 4.78 is 0. The maximum absolute atomic E-state index is 13.4. The molecule has 4 rings (SSSR count). The zero-order chi connectivity index (χ0) is 24.1. The number of carbonyl (C=O) groups is 2. The van der Waals surface area contributed by atoms with E-state index in [1.54, 1.807) is 24.3 Å². The van der Waals surface area contributed by atoms with Gasteiger partial charge in [0.25, 0.3) is 5.91 Å². The molecular formula is C26H28ClN3O3S. The minimum Gasteiger partial charge on any atom is -0.341 e. The summed E-state index contributed by atoms with van der Waals surface area (Å²) >= 11 is 7.21. The number of pyridine rings is 1. The topological polar surface area (TPSA) is 82.3 Å². The Kier molecular flexibility index (Phi) is 8.08. The lowest BCUT2D eigenvalue weighted by Crippen LogP contribution is -2.43. The lowest BCUT2D eigenvalue weighted by Gasteiger charge is -2.32. The number of fused-ring (bicyclic) bond motifs is 1. The fourth-order valence-corrected chi connectivity index (χ4v) is 5.58. The van der Waals surface area contributed by atoms with E-state index in [-0.39, 0.29) is 23.0 Å². The van der Waals surface area contributed by atoms with E-state index in [1.165, 1.54) is 30.7 Å². The number of halogens is 1. The van der Waals surface area contributed by atoms with Crippen molar-refractivity contribution >= 4 is 45.3 Å². The van der Waals surface area contributed by atoms with Crippen molar-refractivity contribution < 1.29 is 9.59 Å². The maximum Gasteiger partial charge on any atom is 0.251 e. The highest BCUT2D eigenvalue weighted by molar-refractivity contribution is 8.13. The average Bonchev–Trinajstić information content (AvgIpc) is 2.83. The van der Waals surface area contributed by atoms with Gasteiger partial charge in [0.1, 0.15) is 6.04 Å². The van der Waals surface area contributed by atoms with Gasteiger partial charge in [-0.05, 0) is 62.3 Å². The van der Waals surface area contributed by atoms with Crippen LogP contribution in [0, 0.1) is 0 Å². The number of likely N-dealkylation sites (tertiary alicyclic amines) is 1. The van der Waals surface area contributed by atoms with Crippen molar-refractivity contribution in [2.75, 3.05) is 19.3 Å². The highest BCUT2D eigenvalue weighted by Gasteiger charge is 2.26. The number of para-hydroxylation sites is 1. The maximum atomic E-state index is 13.4. The Labute approximate surface area is 208 Å². The summed E-state index contributed by atoms with van der Waals surface area (Å²) in [5.74, 6) is 0.332. The Balaban J connectivity index is 1.57. The molecule has 2 aromatic carbocycles. The molecule has 2 heterocycles. The largest absolute Gasteiger partial charge is 0.341 e. The molecule has 1 aliphatic rings. The summed E-state index contributed by atoms with van der Waals surface area (Å²) in [6, 6.07) is 15.1. The van der Waals surface area contributed by atoms with Gasteiger partial charge in [0.2, 0.25) is 10.7 Å². The summed E-state index contributed by atoms with van der Waals surface area (Å²) in [5.41, 5.74) is 1.62. The average molecular weight is 498 g/mol. The Morgan fingerprint density at radius 3 is 2.71 bits per heavy atom. The van der Waals surface area contributed by atoms with Gasteiger partial charge in [-0.15, -0.1) is 0 Å². The number of rotatable bonds is 7. The molecule has 6 nitrogen and oxygen atoms in total. The molecule has 1 aromatic heterocycles. The highest BCUT2D eigenvalue weighted by Crippen LogP contribution is 2.23. The highest BCUT2D eigenvalue weighted by atomic mass is 35.5. The van der Waals surface area contributed by atoms with Gasteiger partial charge in [-0.25, -0.2) is 0 Å². The van der Waals surface area contributed by atoms with Crippen molar-refractivity contribution in [3.8, 4) is 0 Å². The van der Waals surface area contributed by atoms with E-state index in [1.807, 2.05) is 24.3 Å². The van der Waals surface area contributed by atoms with Gasteiger partial charge in [-0.2, -0.15) is 0 Å². The number of amides is 1. The molecule has 1 amide bonds. The predicted octanol–water partition coefficient (Wildman–Crippen LogP) is 4.27. The van der Waals surface area contributed by atoms with Crippen LogP contribution in [0.15, 0.2) is 59.4 Å². The molecule has 1 fully saturated rings. The molecule has 0 spiro atoms. The fourth-order valence-electron chi connectivity index (χ4n) is 4.34. The van der Waals surface area contributed by atoms with Crippen LogP contribution in [0.3, 0.4) is 0 Å². The molecule has 178 valence electrons. The van der Waals surface area contributed by atoms with E-state index in [0.717, 1.165) is 23.9 Å². The van der Waals surface area contributed by atoms with E-state index in [4.69, 9.17) is 11.6 Å². The smallest absolute Gasteiger partial charge is 0.251 e. The Morgan fingerprint density at radius 2 is 1.94 bits per heavy atom. The van der Waals surface area contributed by atoms with Crippen LogP contribution in [0.5, 0.6) is 0 Å². The van der Waals surface area contributed by atoms with E-state index in [2.05, 4.69) is 22.2 Å². The van der Waals surface area contributed by atoms with Crippen LogP contribution in [0.2, 0.25) is 5.02 Å². The summed E-state index contributed by atoms with van der Waals surface area (Å²) in [4.78, 5) is 43.7. The number of thioether (sulfide) groups is 1. The number of aromatic nitrogens is 1. The van der Waals surface area contributed by atoms with Crippen molar-refractivity contribution in [2.24, 2.45) is 0 Å². The second-order valence-electron chi connectivity index (χ2n) is 8.70. The Hall–Kier alpha value is -2.61. The minimum atomic E-state index is -0.771. The normalized spacial score (nSPS) is 17.4. The van der Waals surface area contributed by atoms with Crippen LogP contribution in [-0.4, -0.2) is 52.3 Å². The summed E-state index contributed by atoms with van der Waals surface area (Å²) in [5, 5.41) is 4.19. The summed E-state index contributed by atoms with van der Waals surface area (Å²) in [6.45, 7) is 1.04. The standard InChI is InChI=1S/C26H28ClN3O3S/c1-30-13-5-4-6-20(30)16-34-26(33)23(29-25(32)17-9-11-19(27)12-10-17)14-18-15-24(31)28-22-8-3-2-7-21(18)22/h2-3,7-12,15,20,23H,4-6,13-14,16H2,1H3,(H,28,31)(H,29,32). The van der Waals surface area contributed by atoms with Gasteiger partial charge in [-0.3, -0.25) is 14.4 Å². The van der Waals surface area contributed by atoms with E-state index < -0.39 is 6.04 Å². The molecule has 3 aromatic rings. The molecule has 34 heavy (non-hydrogen) atoms.